The SMILES string of the molecule is CCNC(=NCc1cccc(C(=O)NCc2ccco2)c1)NCC. The molecule has 1 aromatic carbocycles. The molecule has 0 fully saturated rings. The number of aliphatic imine (C=N–C) groups is 1. The Morgan fingerprint density at radius 3 is 2.54 bits per heavy atom. The van der Waals surface area contributed by atoms with E-state index in [0.29, 0.717) is 18.7 Å². The number of hydrogen-bond donors (Lipinski definition) is 3. The molecule has 24 heavy (non-hydrogen) atoms. The minimum absolute atomic E-state index is 0.129. The molecule has 0 aliphatic rings. The Kier molecular flexibility index (Phi) is 6.89. The van der Waals surface area contributed by atoms with Crippen LogP contribution in [0.25, 0.3) is 0 Å². The number of furan rings is 1. The highest BCUT2D eigenvalue weighted by Gasteiger charge is 2.07. The first kappa shape index (κ1) is 17.6. The molecule has 0 unspecified atom stereocenters. The average Bonchev–Trinajstić information content (AvgIpc) is 3.12. The molecule has 2 aromatic rings. The van der Waals surface area contributed by atoms with Crippen LogP contribution in [0.15, 0.2) is 52.1 Å². The molecule has 0 atom stereocenters. The lowest BCUT2D eigenvalue weighted by Crippen LogP contribution is -2.36. The van der Waals surface area contributed by atoms with Gasteiger partial charge in [0, 0.05) is 18.7 Å². The summed E-state index contributed by atoms with van der Waals surface area (Å²) in [5.41, 5.74) is 1.59. The van der Waals surface area contributed by atoms with Gasteiger partial charge in [-0.05, 0) is 43.7 Å². The Hall–Kier alpha value is -2.76. The van der Waals surface area contributed by atoms with Gasteiger partial charge in [0.2, 0.25) is 0 Å². The van der Waals surface area contributed by atoms with Gasteiger partial charge in [-0.2, -0.15) is 0 Å². The van der Waals surface area contributed by atoms with E-state index >= 15 is 0 Å². The molecular weight excluding hydrogens is 304 g/mol. The lowest BCUT2D eigenvalue weighted by molar-refractivity contribution is 0.0948. The third-order valence-electron chi connectivity index (χ3n) is 3.30. The summed E-state index contributed by atoms with van der Waals surface area (Å²) in [6.07, 6.45) is 1.59. The molecule has 0 bridgehead atoms. The van der Waals surface area contributed by atoms with Crippen LogP contribution in [0.1, 0.15) is 35.5 Å². The van der Waals surface area contributed by atoms with E-state index in [1.807, 2.05) is 38.1 Å². The van der Waals surface area contributed by atoms with E-state index in [2.05, 4.69) is 20.9 Å². The zero-order valence-electron chi connectivity index (χ0n) is 14.1. The summed E-state index contributed by atoms with van der Waals surface area (Å²) in [7, 11) is 0. The predicted octanol–water partition coefficient (Wildman–Crippen LogP) is 2.28. The first-order chi connectivity index (χ1) is 11.7. The molecule has 2 rings (SSSR count). The van der Waals surface area contributed by atoms with Crippen molar-refractivity contribution in [3.63, 3.8) is 0 Å². The lowest BCUT2D eigenvalue weighted by Gasteiger charge is -2.09. The van der Waals surface area contributed by atoms with Crippen LogP contribution >= 0.6 is 0 Å². The molecule has 0 saturated carbocycles. The number of hydrogen-bond acceptors (Lipinski definition) is 3. The Labute approximate surface area is 142 Å². The van der Waals surface area contributed by atoms with Crippen molar-refractivity contribution in [3.05, 3.63) is 59.5 Å². The number of carbonyl (C=O) groups excluding carboxylic acids is 1. The molecule has 0 aliphatic heterocycles. The van der Waals surface area contributed by atoms with Gasteiger partial charge in [-0.1, -0.05) is 12.1 Å². The Morgan fingerprint density at radius 1 is 1.08 bits per heavy atom. The highest BCUT2D eigenvalue weighted by molar-refractivity contribution is 5.94. The zero-order valence-corrected chi connectivity index (χ0v) is 14.1. The van der Waals surface area contributed by atoms with Gasteiger partial charge in [-0.15, -0.1) is 0 Å². The van der Waals surface area contributed by atoms with Crippen molar-refractivity contribution in [2.75, 3.05) is 13.1 Å². The molecule has 128 valence electrons. The van der Waals surface area contributed by atoms with Gasteiger partial charge in [0.15, 0.2) is 5.96 Å². The summed E-state index contributed by atoms with van der Waals surface area (Å²) in [5.74, 6) is 1.37. The minimum Gasteiger partial charge on any atom is -0.467 e. The zero-order chi connectivity index (χ0) is 17.2. The quantitative estimate of drug-likeness (QED) is 0.538. The molecule has 6 nitrogen and oxygen atoms in total. The highest BCUT2D eigenvalue weighted by atomic mass is 16.3. The van der Waals surface area contributed by atoms with Crippen LogP contribution in [0.2, 0.25) is 0 Å². The molecular formula is C18H24N4O2. The van der Waals surface area contributed by atoms with Crippen LogP contribution in [-0.4, -0.2) is 25.0 Å². The van der Waals surface area contributed by atoms with Crippen molar-refractivity contribution < 1.29 is 9.21 Å². The predicted molar refractivity (Wildman–Crippen MR) is 94.8 cm³/mol. The second kappa shape index (κ2) is 9.39. The van der Waals surface area contributed by atoms with Crippen LogP contribution in [-0.2, 0) is 13.1 Å². The van der Waals surface area contributed by atoms with E-state index in [1.165, 1.54) is 0 Å². The number of benzene rings is 1. The van der Waals surface area contributed by atoms with Gasteiger partial charge >= 0.3 is 0 Å². The topological polar surface area (TPSA) is 78.7 Å². The summed E-state index contributed by atoms with van der Waals surface area (Å²) in [5, 5.41) is 9.19. The lowest BCUT2D eigenvalue weighted by atomic mass is 10.1. The molecule has 6 heteroatoms. The molecule has 1 aromatic heterocycles. The fourth-order valence-electron chi connectivity index (χ4n) is 2.17. The van der Waals surface area contributed by atoms with Gasteiger partial charge in [0.05, 0.1) is 19.4 Å². The fraction of sp³-hybridized carbons (Fsp3) is 0.333. The number of nitrogens with zero attached hydrogens (tertiary/aromatic N) is 1. The summed E-state index contributed by atoms with van der Waals surface area (Å²) >= 11 is 0. The van der Waals surface area contributed by atoms with Crippen LogP contribution in [0.5, 0.6) is 0 Å². The molecule has 0 saturated heterocycles. The number of carbonyl (C=O) groups is 1. The maximum atomic E-state index is 12.2. The smallest absolute Gasteiger partial charge is 0.251 e. The second-order valence-electron chi connectivity index (χ2n) is 5.19. The van der Waals surface area contributed by atoms with Crippen LogP contribution in [0, 0.1) is 0 Å². The van der Waals surface area contributed by atoms with Crippen molar-refractivity contribution in [1.29, 1.82) is 0 Å². The van der Waals surface area contributed by atoms with Crippen molar-refractivity contribution in [1.82, 2.24) is 16.0 Å². The average molecular weight is 328 g/mol. The van der Waals surface area contributed by atoms with Gasteiger partial charge in [0.1, 0.15) is 5.76 Å². The Bertz CT molecular complexity index is 657. The van der Waals surface area contributed by atoms with E-state index in [-0.39, 0.29) is 5.91 Å². The van der Waals surface area contributed by atoms with Gasteiger partial charge < -0.3 is 20.4 Å². The van der Waals surface area contributed by atoms with Crippen LogP contribution in [0.3, 0.4) is 0 Å². The van der Waals surface area contributed by atoms with E-state index in [4.69, 9.17) is 4.42 Å². The summed E-state index contributed by atoms with van der Waals surface area (Å²) in [6.45, 7) is 6.55. The minimum atomic E-state index is -0.129. The van der Waals surface area contributed by atoms with Crippen LogP contribution < -0.4 is 16.0 Å². The van der Waals surface area contributed by atoms with Crippen molar-refractivity contribution in [2.45, 2.75) is 26.9 Å². The molecule has 0 radical (unpaired) electrons. The van der Waals surface area contributed by atoms with E-state index in [0.717, 1.165) is 30.4 Å². The first-order valence-electron chi connectivity index (χ1n) is 8.14. The van der Waals surface area contributed by atoms with Crippen molar-refractivity contribution in [2.24, 2.45) is 4.99 Å². The third kappa shape index (κ3) is 5.46. The van der Waals surface area contributed by atoms with Gasteiger partial charge in [0.25, 0.3) is 5.91 Å². The molecule has 0 aliphatic carbocycles. The van der Waals surface area contributed by atoms with Gasteiger partial charge in [-0.25, -0.2) is 4.99 Å². The molecule has 1 amide bonds. The van der Waals surface area contributed by atoms with Gasteiger partial charge in [-0.3, -0.25) is 4.79 Å². The van der Waals surface area contributed by atoms with Crippen molar-refractivity contribution >= 4 is 11.9 Å². The van der Waals surface area contributed by atoms with Crippen LogP contribution in [0.4, 0.5) is 0 Å². The fourth-order valence-corrected chi connectivity index (χ4v) is 2.17. The number of rotatable bonds is 7. The van der Waals surface area contributed by atoms with E-state index in [1.54, 1.807) is 18.4 Å². The highest BCUT2D eigenvalue weighted by Crippen LogP contribution is 2.07. The standard InChI is InChI=1S/C18H24N4O2/c1-3-19-18(20-4-2)22-12-14-7-5-8-15(11-14)17(23)21-13-16-9-6-10-24-16/h5-11H,3-4,12-13H2,1-2H3,(H,21,23)(H2,19,20,22). The summed E-state index contributed by atoms with van der Waals surface area (Å²) < 4.78 is 5.21. The number of guanidine groups is 1. The first-order valence-corrected chi connectivity index (χ1v) is 8.14. The van der Waals surface area contributed by atoms with E-state index < -0.39 is 0 Å². The number of amides is 1. The normalized spacial score (nSPS) is 10.1. The Morgan fingerprint density at radius 2 is 1.88 bits per heavy atom. The van der Waals surface area contributed by atoms with Crippen molar-refractivity contribution in [3.8, 4) is 0 Å². The largest absolute Gasteiger partial charge is 0.467 e. The molecule has 3 N–H and O–H groups in total. The molecule has 0 spiro atoms. The maximum Gasteiger partial charge on any atom is 0.251 e. The summed E-state index contributed by atoms with van der Waals surface area (Å²) in [6, 6.07) is 11.1. The third-order valence-corrected chi connectivity index (χ3v) is 3.30. The van der Waals surface area contributed by atoms with E-state index in [9.17, 15) is 4.79 Å². The molecule has 1 heterocycles. The Balaban J connectivity index is 1.97. The summed E-state index contributed by atoms with van der Waals surface area (Å²) in [4.78, 5) is 16.7. The number of nitrogens with one attached hydrogen (secondary N) is 3. The maximum absolute atomic E-state index is 12.2. The monoisotopic (exact) mass is 328 g/mol. The second-order valence-corrected chi connectivity index (χ2v) is 5.19.